The van der Waals surface area contributed by atoms with Crippen molar-refractivity contribution in [3.63, 3.8) is 0 Å². The Morgan fingerprint density at radius 1 is 0.649 bits per heavy atom. The van der Waals surface area contributed by atoms with E-state index in [9.17, 15) is 58.6 Å². The molecule has 8 aromatic rings. The Kier molecular flexibility index (Phi) is 14.5. The zero-order valence-corrected chi connectivity index (χ0v) is 39.3. The van der Waals surface area contributed by atoms with E-state index in [0.717, 1.165) is 30.5 Å². The largest absolute Gasteiger partial charge is 0.478 e. The highest BCUT2D eigenvalue weighted by molar-refractivity contribution is 5.97. The number of carboxylic acids is 1. The van der Waals surface area contributed by atoms with E-state index in [4.69, 9.17) is 9.47 Å². The van der Waals surface area contributed by atoms with E-state index in [-0.39, 0.29) is 51.3 Å². The molecule has 9 rings (SSSR count). The molecule has 0 bridgehead atoms. The molecule has 4 heterocycles. The molecule has 0 unspecified atom stereocenters. The van der Waals surface area contributed by atoms with Crippen molar-refractivity contribution >= 4 is 34.5 Å². The first-order valence-electron chi connectivity index (χ1n) is 22.6. The van der Waals surface area contributed by atoms with E-state index >= 15 is 0 Å². The number of benzene rings is 4. The van der Waals surface area contributed by atoms with Gasteiger partial charge in [0.05, 0.1) is 66.0 Å². The van der Waals surface area contributed by atoms with Crippen LogP contribution in [0, 0.1) is 37.1 Å². The SMILES string of the molecule is Cc1cc(-c2cnc3c(NCCC(F)(F)F)cc(Oc4cccc(F)c4F)cn23)ccc1C(=O)NC1(C)CC1.Cc1cc(-c2cnc3c(NCCC(F)(F)F)cc(Oc4cccc(F)c4F)cn23)ccc1C(=O)O. The highest BCUT2D eigenvalue weighted by atomic mass is 19.4. The summed E-state index contributed by atoms with van der Waals surface area (Å²) in [6.07, 6.45) is -3.16. The maximum atomic E-state index is 14.3. The molecule has 1 aliphatic carbocycles. The van der Waals surface area contributed by atoms with Crippen LogP contribution in [0.4, 0.5) is 55.3 Å². The first-order chi connectivity index (χ1) is 35.0. The molecular formula is C52H43F10N7O5. The number of imidazole rings is 2. The number of carbonyl (C=O) groups excluding carboxylic acids is 1. The fourth-order valence-corrected chi connectivity index (χ4v) is 7.78. The first kappa shape index (κ1) is 52.0. The van der Waals surface area contributed by atoms with Gasteiger partial charge in [-0.05, 0) is 93.3 Å². The summed E-state index contributed by atoms with van der Waals surface area (Å²) < 4.78 is 146. The molecule has 12 nitrogen and oxygen atoms in total. The number of aromatic nitrogens is 4. The smallest absolute Gasteiger partial charge is 0.390 e. The highest BCUT2D eigenvalue weighted by Crippen LogP contribution is 2.37. The van der Waals surface area contributed by atoms with Gasteiger partial charge < -0.3 is 30.5 Å². The van der Waals surface area contributed by atoms with Crippen molar-refractivity contribution in [2.45, 2.75) is 64.3 Å². The summed E-state index contributed by atoms with van der Waals surface area (Å²) in [6, 6.07) is 19.5. The maximum Gasteiger partial charge on any atom is 0.390 e. The maximum absolute atomic E-state index is 14.3. The van der Waals surface area contributed by atoms with Crippen LogP contribution < -0.4 is 25.4 Å². The number of nitrogens with zero attached hydrogens (tertiary/aromatic N) is 4. The molecular weight excluding hydrogens is 993 g/mol. The highest BCUT2D eigenvalue weighted by Gasteiger charge is 2.39. The fraction of sp³-hybridized carbons (Fsp3) is 0.231. The van der Waals surface area contributed by atoms with Crippen LogP contribution >= 0.6 is 0 Å². The van der Waals surface area contributed by atoms with Crippen LogP contribution in [0.15, 0.2) is 110 Å². The second-order valence-electron chi connectivity index (χ2n) is 17.6. The molecule has 1 aliphatic rings. The second-order valence-corrected chi connectivity index (χ2v) is 17.6. The summed E-state index contributed by atoms with van der Waals surface area (Å²) in [5.41, 5.74) is 4.93. The number of carboxylic acid groups (broad SMARTS) is 1. The van der Waals surface area contributed by atoms with E-state index in [1.807, 2.05) is 19.9 Å². The second kappa shape index (κ2) is 20.7. The van der Waals surface area contributed by atoms with Crippen molar-refractivity contribution in [3.8, 4) is 45.5 Å². The Balaban J connectivity index is 0.000000198. The number of halogens is 10. The van der Waals surface area contributed by atoms with Crippen molar-refractivity contribution in [2.75, 3.05) is 23.7 Å². The predicted octanol–water partition coefficient (Wildman–Crippen LogP) is 13.5. The van der Waals surface area contributed by atoms with Crippen LogP contribution in [-0.4, -0.2) is 66.7 Å². The number of fused-ring (bicyclic) bond motifs is 2. The monoisotopic (exact) mass is 1040 g/mol. The van der Waals surface area contributed by atoms with Crippen LogP contribution in [0.3, 0.4) is 0 Å². The Bertz CT molecular complexity index is 3420. The van der Waals surface area contributed by atoms with Gasteiger partial charge in [-0.3, -0.25) is 13.6 Å². The molecule has 22 heteroatoms. The van der Waals surface area contributed by atoms with Gasteiger partial charge in [-0.25, -0.2) is 23.5 Å². The lowest BCUT2D eigenvalue weighted by Crippen LogP contribution is -2.34. The third-order valence-electron chi connectivity index (χ3n) is 11.8. The molecule has 386 valence electrons. The minimum atomic E-state index is -4.38. The number of hydrogen-bond donors (Lipinski definition) is 4. The first-order valence-corrected chi connectivity index (χ1v) is 22.6. The minimum Gasteiger partial charge on any atom is -0.478 e. The number of anilines is 2. The molecule has 0 radical (unpaired) electrons. The number of rotatable bonds is 15. The molecule has 0 atom stereocenters. The number of hydrogen-bond acceptors (Lipinski definition) is 8. The van der Waals surface area contributed by atoms with Gasteiger partial charge in [0.15, 0.2) is 34.4 Å². The van der Waals surface area contributed by atoms with Gasteiger partial charge in [-0.2, -0.15) is 35.1 Å². The van der Waals surface area contributed by atoms with Crippen molar-refractivity contribution in [1.29, 1.82) is 0 Å². The lowest BCUT2D eigenvalue weighted by molar-refractivity contribution is -0.132. The van der Waals surface area contributed by atoms with E-state index in [1.54, 1.807) is 35.6 Å². The molecule has 1 saturated carbocycles. The summed E-state index contributed by atoms with van der Waals surface area (Å²) in [7, 11) is 0. The van der Waals surface area contributed by atoms with Gasteiger partial charge in [0.25, 0.3) is 5.91 Å². The molecule has 1 amide bonds. The quantitative estimate of drug-likeness (QED) is 0.0738. The zero-order chi connectivity index (χ0) is 53.3. The molecule has 4 aromatic heterocycles. The number of alkyl halides is 6. The molecule has 0 spiro atoms. The van der Waals surface area contributed by atoms with E-state index in [0.29, 0.717) is 39.3 Å². The van der Waals surface area contributed by atoms with Crippen molar-refractivity contribution < 1.29 is 68.1 Å². The van der Waals surface area contributed by atoms with Crippen LogP contribution in [0.2, 0.25) is 0 Å². The lowest BCUT2D eigenvalue weighted by atomic mass is 10.0. The molecule has 74 heavy (non-hydrogen) atoms. The number of ether oxygens (including phenoxy) is 2. The van der Waals surface area contributed by atoms with Gasteiger partial charge in [-0.1, -0.05) is 24.3 Å². The van der Waals surface area contributed by atoms with Crippen LogP contribution in [-0.2, 0) is 0 Å². The summed E-state index contributed by atoms with van der Waals surface area (Å²) >= 11 is 0. The van der Waals surface area contributed by atoms with Crippen LogP contribution in [0.25, 0.3) is 33.8 Å². The molecule has 0 aliphatic heterocycles. The standard InChI is InChI=1S/C28H25F5N4O2.C24H18F5N3O3/c1-16-12-17(6-7-19(16)26(38)36-27(2)8-9-27)22-14-35-25-21(34-11-10-28(31,32)33)13-18(15-37(22)25)39-23-5-3-4-20(29)24(23)30;1-13-9-14(5-6-16(13)23(33)34)19-11-31-22-18(30-8-7-24(27,28)29)10-15(12-32(19)22)35-20-4-2-3-17(25)21(20)26/h3-7,12-15,34H,8-11H2,1-2H3,(H,36,38);2-6,9-12,30H,7-8H2,1H3,(H,33,34). The van der Waals surface area contributed by atoms with Gasteiger partial charge >= 0.3 is 18.3 Å². The molecule has 4 N–H and O–H groups in total. The summed E-state index contributed by atoms with van der Waals surface area (Å²) in [6.45, 7) is 4.54. The normalized spacial score (nSPS) is 13.0. The van der Waals surface area contributed by atoms with Crippen molar-refractivity contribution in [1.82, 2.24) is 24.1 Å². The fourth-order valence-electron chi connectivity index (χ4n) is 7.78. The number of nitrogens with one attached hydrogen (secondary N) is 3. The predicted molar refractivity (Wildman–Crippen MR) is 254 cm³/mol. The van der Waals surface area contributed by atoms with E-state index in [2.05, 4.69) is 25.9 Å². The average molecular weight is 1040 g/mol. The average Bonchev–Trinajstić information content (AvgIpc) is 3.66. The Hall–Kier alpha value is -8.30. The Morgan fingerprint density at radius 3 is 1.47 bits per heavy atom. The Labute approximate surface area is 414 Å². The summed E-state index contributed by atoms with van der Waals surface area (Å²) in [5.74, 6) is -6.62. The summed E-state index contributed by atoms with van der Waals surface area (Å²) in [5, 5.41) is 17.7. The number of carbonyl (C=O) groups is 2. The van der Waals surface area contributed by atoms with Gasteiger partial charge in [0, 0.05) is 47.5 Å². The molecule has 1 fully saturated rings. The van der Waals surface area contributed by atoms with Crippen LogP contribution in [0.5, 0.6) is 23.0 Å². The number of pyridine rings is 2. The third kappa shape index (κ3) is 12.1. The van der Waals surface area contributed by atoms with E-state index < -0.39 is 73.3 Å². The van der Waals surface area contributed by atoms with Gasteiger partial charge in [-0.15, -0.1) is 0 Å². The van der Waals surface area contributed by atoms with Crippen LogP contribution in [0.1, 0.15) is 64.4 Å². The summed E-state index contributed by atoms with van der Waals surface area (Å²) in [4.78, 5) is 32.7. The number of aromatic carboxylic acids is 1. The molecule has 4 aromatic carbocycles. The molecule has 0 saturated heterocycles. The minimum absolute atomic E-state index is 0.00892. The zero-order valence-electron chi connectivity index (χ0n) is 39.3. The van der Waals surface area contributed by atoms with Gasteiger partial charge in [0.1, 0.15) is 11.5 Å². The van der Waals surface area contributed by atoms with Crippen molar-refractivity contribution in [2.24, 2.45) is 0 Å². The Morgan fingerprint density at radius 2 is 1.08 bits per heavy atom. The number of amides is 1. The topological polar surface area (TPSA) is 144 Å². The lowest BCUT2D eigenvalue weighted by Gasteiger charge is -2.15. The number of aryl methyl sites for hydroxylation is 2. The van der Waals surface area contributed by atoms with Gasteiger partial charge in [0.2, 0.25) is 11.6 Å². The third-order valence-corrected chi connectivity index (χ3v) is 11.8. The van der Waals surface area contributed by atoms with Crippen molar-refractivity contribution in [3.05, 3.63) is 155 Å². The van der Waals surface area contributed by atoms with E-state index in [1.165, 1.54) is 71.7 Å².